The van der Waals surface area contributed by atoms with Crippen LogP contribution in [0.25, 0.3) is 10.9 Å². The van der Waals surface area contributed by atoms with Crippen molar-refractivity contribution in [2.45, 2.75) is 6.42 Å². The van der Waals surface area contributed by atoms with Gasteiger partial charge in [0.25, 0.3) is 5.91 Å². The van der Waals surface area contributed by atoms with Crippen LogP contribution >= 0.6 is 0 Å². The second kappa shape index (κ2) is 5.56. The van der Waals surface area contributed by atoms with Gasteiger partial charge in [0, 0.05) is 24.0 Å². The van der Waals surface area contributed by atoms with Gasteiger partial charge in [0.05, 0.1) is 11.8 Å². The maximum Gasteiger partial charge on any atom is 0.267 e. The third kappa shape index (κ3) is 2.14. The van der Waals surface area contributed by atoms with Crippen LogP contribution in [-0.2, 0) is 9.59 Å². The topological polar surface area (TPSA) is 82.3 Å². The lowest BCUT2D eigenvalue weighted by Gasteiger charge is -2.17. The smallest absolute Gasteiger partial charge is 0.267 e. The Balaban J connectivity index is 1.22. The highest BCUT2D eigenvalue weighted by atomic mass is 16.2. The first-order valence-corrected chi connectivity index (χ1v) is 9.03. The number of aromatic amines is 1. The predicted molar refractivity (Wildman–Crippen MR) is 95.1 cm³/mol. The molecule has 6 heteroatoms. The molecule has 1 saturated carbocycles. The lowest BCUT2D eigenvalue weighted by molar-refractivity contribution is -0.140. The average molecular weight is 349 g/mol. The highest BCUT2D eigenvalue weighted by Gasteiger charge is 2.58. The molecule has 0 radical (unpaired) electrons. The summed E-state index contributed by atoms with van der Waals surface area (Å²) in [6.07, 6.45) is 5.09. The molecule has 2 heterocycles. The number of allylic oxidation sites excluding steroid dienone is 2. The fourth-order valence-electron chi connectivity index (χ4n) is 4.76. The van der Waals surface area contributed by atoms with Gasteiger partial charge < -0.3 is 10.3 Å². The van der Waals surface area contributed by atoms with E-state index in [-0.39, 0.29) is 54.5 Å². The van der Waals surface area contributed by atoms with Gasteiger partial charge in [-0.2, -0.15) is 0 Å². The molecule has 3 aliphatic rings. The van der Waals surface area contributed by atoms with Crippen molar-refractivity contribution in [1.29, 1.82) is 0 Å². The molecule has 2 fully saturated rings. The van der Waals surface area contributed by atoms with Gasteiger partial charge in [-0.3, -0.25) is 19.3 Å². The van der Waals surface area contributed by atoms with Crippen LogP contribution in [0.15, 0.2) is 42.5 Å². The van der Waals surface area contributed by atoms with Gasteiger partial charge in [-0.25, -0.2) is 0 Å². The third-order valence-corrected chi connectivity index (χ3v) is 5.96. The minimum atomic E-state index is -0.234. The Bertz CT molecular complexity index is 897. The molecule has 1 aromatic carbocycles. The number of carbonyl (C=O) groups excluding carboxylic acids is 3. The number of nitrogens with one attached hydrogen (secondary N) is 2. The van der Waals surface area contributed by atoms with Crippen molar-refractivity contribution in [1.82, 2.24) is 15.2 Å². The van der Waals surface area contributed by atoms with E-state index in [0.717, 1.165) is 17.3 Å². The van der Waals surface area contributed by atoms with E-state index < -0.39 is 0 Å². The van der Waals surface area contributed by atoms with Crippen LogP contribution in [0.3, 0.4) is 0 Å². The monoisotopic (exact) mass is 349 g/mol. The molecule has 2 N–H and O–H groups in total. The first-order valence-electron chi connectivity index (χ1n) is 9.03. The van der Waals surface area contributed by atoms with Crippen LogP contribution in [-0.4, -0.2) is 40.7 Å². The second-order valence-corrected chi connectivity index (χ2v) is 7.35. The minimum absolute atomic E-state index is 0.0725. The fourth-order valence-corrected chi connectivity index (χ4v) is 4.76. The summed E-state index contributed by atoms with van der Waals surface area (Å²) in [6.45, 7) is 0.490. The second-order valence-electron chi connectivity index (χ2n) is 7.35. The first kappa shape index (κ1) is 15.4. The van der Waals surface area contributed by atoms with E-state index in [9.17, 15) is 14.4 Å². The number of hydrogen-bond donors (Lipinski definition) is 2. The molecule has 2 aliphatic carbocycles. The zero-order chi connectivity index (χ0) is 17.8. The molecule has 26 heavy (non-hydrogen) atoms. The van der Waals surface area contributed by atoms with Gasteiger partial charge in [-0.1, -0.05) is 30.4 Å². The quantitative estimate of drug-likeness (QED) is 0.651. The molecule has 1 aromatic heterocycles. The van der Waals surface area contributed by atoms with Gasteiger partial charge in [0.15, 0.2) is 0 Å². The predicted octanol–water partition coefficient (Wildman–Crippen LogP) is 1.70. The lowest BCUT2D eigenvalue weighted by Crippen LogP contribution is -2.39. The summed E-state index contributed by atoms with van der Waals surface area (Å²) in [5.41, 5.74) is 1.38. The molecule has 6 nitrogen and oxygen atoms in total. The lowest BCUT2D eigenvalue weighted by atomic mass is 9.85. The summed E-state index contributed by atoms with van der Waals surface area (Å²) < 4.78 is 0. The molecule has 0 spiro atoms. The van der Waals surface area contributed by atoms with Crippen LogP contribution in [0.1, 0.15) is 16.9 Å². The summed E-state index contributed by atoms with van der Waals surface area (Å²) in [4.78, 5) is 41.9. The molecular formula is C20H19N3O3. The molecule has 5 rings (SSSR count). The normalized spacial score (nSPS) is 29.0. The van der Waals surface area contributed by atoms with Gasteiger partial charge >= 0.3 is 0 Å². The highest BCUT2D eigenvalue weighted by molar-refractivity contribution is 6.06. The summed E-state index contributed by atoms with van der Waals surface area (Å²) in [5, 5.41) is 3.77. The third-order valence-electron chi connectivity index (χ3n) is 5.96. The summed E-state index contributed by atoms with van der Waals surface area (Å²) >= 11 is 0. The fraction of sp³-hybridized carbons (Fsp3) is 0.350. The molecule has 2 aromatic rings. The largest absolute Gasteiger partial charge is 0.351 e. The highest BCUT2D eigenvalue weighted by Crippen LogP contribution is 2.52. The van der Waals surface area contributed by atoms with Gasteiger partial charge in [0.1, 0.15) is 5.69 Å². The summed E-state index contributed by atoms with van der Waals surface area (Å²) in [6, 6.07) is 9.47. The number of hydrogen-bond acceptors (Lipinski definition) is 3. The van der Waals surface area contributed by atoms with Gasteiger partial charge in [0.2, 0.25) is 11.8 Å². The minimum Gasteiger partial charge on any atom is -0.351 e. The van der Waals surface area contributed by atoms with Crippen molar-refractivity contribution in [2.75, 3.05) is 13.1 Å². The van der Waals surface area contributed by atoms with Crippen molar-refractivity contribution in [3.8, 4) is 0 Å². The van der Waals surface area contributed by atoms with Crippen molar-refractivity contribution in [3.05, 3.63) is 48.2 Å². The van der Waals surface area contributed by atoms with E-state index in [2.05, 4.69) is 22.5 Å². The molecule has 1 saturated heterocycles. The van der Waals surface area contributed by atoms with Crippen LogP contribution in [0.4, 0.5) is 0 Å². The van der Waals surface area contributed by atoms with Crippen LogP contribution in [0.2, 0.25) is 0 Å². The number of benzene rings is 1. The maximum absolute atomic E-state index is 12.6. The Morgan fingerprint density at radius 3 is 2.50 bits per heavy atom. The molecule has 4 atom stereocenters. The van der Waals surface area contributed by atoms with E-state index >= 15 is 0 Å². The van der Waals surface area contributed by atoms with E-state index in [4.69, 9.17) is 0 Å². The van der Waals surface area contributed by atoms with Crippen molar-refractivity contribution >= 4 is 28.6 Å². The first-order chi connectivity index (χ1) is 12.6. The number of H-pyrrole nitrogens is 1. The number of carbonyl (C=O) groups is 3. The Labute approximate surface area is 150 Å². The Hall–Kier alpha value is -2.89. The zero-order valence-corrected chi connectivity index (χ0v) is 14.1. The number of imide groups is 1. The summed E-state index contributed by atoms with van der Waals surface area (Å²) in [7, 11) is 0. The van der Waals surface area contributed by atoms with E-state index in [1.54, 1.807) is 6.07 Å². The molecule has 0 unspecified atom stereocenters. The number of fused-ring (bicyclic) bond motifs is 6. The average Bonchev–Trinajstić information content (AvgIpc) is 3.40. The number of amides is 3. The maximum atomic E-state index is 12.6. The van der Waals surface area contributed by atoms with Crippen molar-refractivity contribution < 1.29 is 14.4 Å². The molecular weight excluding hydrogens is 330 g/mol. The van der Waals surface area contributed by atoms with Crippen LogP contribution < -0.4 is 5.32 Å². The zero-order valence-electron chi connectivity index (χ0n) is 14.1. The Morgan fingerprint density at radius 2 is 1.81 bits per heavy atom. The standard InChI is InChI=1S/C20H19N3O3/c24-18(15-10-11-3-1-2-4-14(11)22-15)21-7-8-23-19(25)16-12-5-6-13(9-12)17(16)20(23)26/h1-6,10,12-13,16-17,22H,7-9H2,(H,21,24)/t12-,13-,16-,17+/m0/s1. The number of aromatic nitrogens is 1. The van der Waals surface area contributed by atoms with E-state index in [1.165, 1.54) is 4.90 Å². The number of nitrogens with zero attached hydrogens (tertiary/aromatic N) is 1. The van der Waals surface area contributed by atoms with Gasteiger partial charge in [-0.15, -0.1) is 0 Å². The molecule has 3 amide bonds. The SMILES string of the molecule is O=C(NCCN1C(=O)[C@@H]2[C@H](C1=O)[C@H]1C=C[C@H]2C1)c1cc2ccccc2[nH]1. The van der Waals surface area contributed by atoms with Crippen LogP contribution in [0, 0.1) is 23.7 Å². The van der Waals surface area contributed by atoms with Crippen LogP contribution in [0.5, 0.6) is 0 Å². The van der Waals surface area contributed by atoms with Gasteiger partial charge in [-0.05, 0) is 30.4 Å². The number of likely N-dealkylation sites (tertiary alicyclic amines) is 1. The molecule has 132 valence electrons. The Kier molecular flexibility index (Phi) is 3.29. The number of rotatable bonds is 4. The summed E-state index contributed by atoms with van der Waals surface area (Å²) in [5.74, 6) is -0.306. The Morgan fingerprint density at radius 1 is 1.12 bits per heavy atom. The van der Waals surface area contributed by atoms with Crippen molar-refractivity contribution in [2.24, 2.45) is 23.7 Å². The molecule has 1 aliphatic heterocycles. The number of para-hydroxylation sites is 1. The van der Waals surface area contributed by atoms with E-state index in [1.807, 2.05) is 24.3 Å². The van der Waals surface area contributed by atoms with Crippen molar-refractivity contribution in [3.63, 3.8) is 0 Å². The van der Waals surface area contributed by atoms with E-state index in [0.29, 0.717) is 5.69 Å². The molecule has 2 bridgehead atoms.